The van der Waals surface area contributed by atoms with Gasteiger partial charge in [-0.15, -0.1) is 0 Å². The fourth-order valence-electron chi connectivity index (χ4n) is 3.99. The second-order valence-corrected chi connectivity index (χ2v) is 8.78. The van der Waals surface area contributed by atoms with Crippen LogP contribution in [-0.4, -0.2) is 31.7 Å². The maximum atomic E-state index is 13.6. The highest BCUT2D eigenvalue weighted by Gasteiger charge is 2.31. The largest absolute Gasteiger partial charge is 0.860 e. The molecule has 0 atom stereocenters. The maximum absolute atomic E-state index is 13.6. The monoisotopic (exact) mass is 586 g/mol. The molecular formula is C26H19F5N8O3. The van der Waals surface area contributed by atoms with Gasteiger partial charge in [-0.1, -0.05) is 18.2 Å². The van der Waals surface area contributed by atoms with Crippen LogP contribution in [-0.2, 0) is 19.3 Å². The minimum Gasteiger partial charge on any atom is -0.860 e. The van der Waals surface area contributed by atoms with E-state index in [1.54, 1.807) is 36.5 Å². The number of aromatic nitrogens is 5. The average molecular weight is 586 g/mol. The molecule has 5 aromatic rings. The van der Waals surface area contributed by atoms with E-state index in [1.807, 2.05) is 0 Å². The molecule has 2 N–H and O–H groups in total. The summed E-state index contributed by atoms with van der Waals surface area (Å²) in [6.07, 6.45) is -4.94. The molecule has 0 radical (unpaired) electrons. The number of urea groups is 1. The van der Waals surface area contributed by atoms with Crippen LogP contribution in [0.4, 0.5) is 44.0 Å². The minimum atomic E-state index is -4.85. The van der Waals surface area contributed by atoms with Gasteiger partial charge in [0.15, 0.2) is 5.82 Å². The number of aliphatic imine (C=N–C) groups is 1. The van der Waals surface area contributed by atoms with Crippen LogP contribution in [0.1, 0.15) is 23.5 Å². The van der Waals surface area contributed by atoms with Crippen LogP contribution in [0.2, 0.25) is 0 Å². The van der Waals surface area contributed by atoms with Crippen LogP contribution < -0.4 is 20.4 Å². The van der Waals surface area contributed by atoms with E-state index in [2.05, 4.69) is 30.9 Å². The van der Waals surface area contributed by atoms with E-state index in [0.717, 1.165) is 10.6 Å². The number of carbonyl (C=O) groups is 1. The number of nitrogens with one attached hydrogen (secondary N) is 2. The van der Waals surface area contributed by atoms with E-state index >= 15 is 0 Å². The zero-order chi connectivity index (χ0) is 29.9. The quantitative estimate of drug-likeness (QED) is 0.119. The topological polar surface area (TPSA) is 137 Å². The molecule has 0 aliphatic carbocycles. The Morgan fingerprint density at radius 1 is 1.10 bits per heavy atom. The molecule has 0 saturated carbocycles. The lowest BCUT2D eigenvalue weighted by atomic mass is 10.1. The molecule has 0 aliphatic heterocycles. The molecule has 16 heteroatoms. The average Bonchev–Trinajstić information content (AvgIpc) is 3.52. The molecule has 11 nitrogen and oxygen atoms in total. The molecule has 0 unspecified atom stereocenters. The molecule has 0 aliphatic rings. The van der Waals surface area contributed by atoms with Crippen LogP contribution in [0.5, 0.6) is 0 Å². The summed E-state index contributed by atoms with van der Waals surface area (Å²) in [4.78, 5) is 24.1. The number of hydrogen-bond donors (Lipinski definition) is 2. The molecule has 0 fully saturated rings. The number of hydrogen-bond acceptors (Lipinski definition) is 7. The molecule has 3 heterocycles. The standard InChI is InChI=1S/C26H19F5N8O3/c27-23(28)24-35-19-6-1-2-7-20(19)39(24)13-21(40)33-17-9-15(26(29,30)31)10-18(11-17)34-25(41)36-22-14-38(37-42-22)12-16-5-3-4-8-32-16/h1-11,14,23H,12-13H2,(H2-,33,34,36,37,40,41). The molecule has 0 bridgehead atoms. The van der Waals surface area contributed by atoms with E-state index in [1.165, 1.54) is 23.0 Å². The highest BCUT2D eigenvalue weighted by Crippen LogP contribution is 2.34. The van der Waals surface area contributed by atoms with Gasteiger partial charge in [-0.25, -0.2) is 18.6 Å². The van der Waals surface area contributed by atoms with Crippen molar-refractivity contribution < 1.29 is 41.1 Å². The van der Waals surface area contributed by atoms with E-state index in [-0.39, 0.29) is 29.1 Å². The number of rotatable bonds is 8. The normalized spacial score (nSPS) is 12.2. The Morgan fingerprint density at radius 2 is 1.88 bits per heavy atom. The zero-order valence-electron chi connectivity index (χ0n) is 21.2. The van der Waals surface area contributed by atoms with E-state index in [0.29, 0.717) is 17.8 Å². The SMILES string of the molecule is O=C(Nc1cc(N=C([O-])Cn2c(C(F)F)nc3ccccc32)cc(C(F)(F)F)c1)Nc1c[n+](Cc2ccccn2)no1. The van der Waals surface area contributed by atoms with Crippen molar-refractivity contribution in [3.63, 3.8) is 0 Å². The molecular weight excluding hydrogens is 567 g/mol. The Bertz CT molecular complexity index is 1750. The van der Waals surface area contributed by atoms with Crippen molar-refractivity contribution in [2.45, 2.75) is 25.7 Å². The predicted molar refractivity (Wildman–Crippen MR) is 136 cm³/mol. The van der Waals surface area contributed by atoms with Gasteiger partial charge in [0.25, 0.3) is 12.6 Å². The number of amides is 2. The van der Waals surface area contributed by atoms with Crippen molar-refractivity contribution in [2.24, 2.45) is 4.99 Å². The van der Waals surface area contributed by atoms with Crippen LogP contribution in [0, 0.1) is 0 Å². The summed E-state index contributed by atoms with van der Waals surface area (Å²) in [6.45, 7) is -0.475. The van der Waals surface area contributed by atoms with Crippen molar-refractivity contribution >= 4 is 40.2 Å². The van der Waals surface area contributed by atoms with Gasteiger partial charge in [0.1, 0.15) is 5.69 Å². The molecule has 2 aromatic carbocycles. The Balaban J connectivity index is 1.35. The lowest BCUT2D eigenvalue weighted by Gasteiger charge is -2.16. The van der Waals surface area contributed by atoms with Gasteiger partial charge >= 0.3 is 18.1 Å². The number of fused-ring (bicyclic) bond motifs is 1. The van der Waals surface area contributed by atoms with Gasteiger partial charge in [-0.2, -0.15) is 13.2 Å². The first-order chi connectivity index (χ1) is 20.0. The van der Waals surface area contributed by atoms with Crippen molar-refractivity contribution in [3.8, 4) is 0 Å². The zero-order valence-corrected chi connectivity index (χ0v) is 21.2. The number of benzene rings is 2. The second kappa shape index (κ2) is 11.6. The van der Waals surface area contributed by atoms with Gasteiger partial charge in [0, 0.05) is 11.9 Å². The van der Waals surface area contributed by atoms with Crippen molar-refractivity contribution in [2.75, 3.05) is 10.6 Å². The molecule has 5 rings (SSSR count). The number of pyridine rings is 1. The van der Waals surface area contributed by atoms with Crippen molar-refractivity contribution in [1.82, 2.24) is 19.8 Å². The van der Waals surface area contributed by atoms with Crippen LogP contribution in [0.15, 0.2) is 82.6 Å². The third kappa shape index (κ3) is 6.65. The smallest absolute Gasteiger partial charge is 0.416 e. The lowest BCUT2D eigenvalue weighted by Crippen LogP contribution is -2.35. The fraction of sp³-hybridized carbons (Fsp3) is 0.154. The predicted octanol–water partition coefficient (Wildman–Crippen LogP) is 4.45. The number of imidazole rings is 1. The second-order valence-electron chi connectivity index (χ2n) is 8.78. The van der Waals surface area contributed by atoms with Crippen LogP contribution in [0.25, 0.3) is 11.0 Å². The number of alkyl halides is 5. The van der Waals surface area contributed by atoms with E-state index in [9.17, 15) is 31.9 Å². The highest BCUT2D eigenvalue weighted by molar-refractivity contribution is 5.99. The Hall–Kier alpha value is -5.41. The molecule has 2 amide bonds. The van der Waals surface area contributed by atoms with E-state index < -0.39 is 48.2 Å². The first-order valence-electron chi connectivity index (χ1n) is 12.1. The van der Waals surface area contributed by atoms with Crippen molar-refractivity contribution in [1.29, 1.82) is 0 Å². The summed E-state index contributed by atoms with van der Waals surface area (Å²) in [5, 5.41) is 21.0. The summed E-state index contributed by atoms with van der Waals surface area (Å²) in [6, 6.07) is 12.6. The molecule has 216 valence electrons. The molecule has 0 saturated heterocycles. The maximum Gasteiger partial charge on any atom is 0.416 e. The Morgan fingerprint density at radius 3 is 2.62 bits per heavy atom. The number of anilines is 2. The van der Waals surface area contributed by atoms with Gasteiger partial charge in [-0.3, -0.25) is 19.8 Å². The summed E-state index contributed by atoms with van der Waals surface area (Å²) in [5.41, 5.74) is -0.911. The summed E-state index contributed by atoms with van der Waals surface area (Å²) in [7, 11) is 0. The van der Waals surface area contributed by atoms with Gasteiger partial charge < -0.3 is 15.0 Å². The van der Waals surface area contributed by atoms with Gasteiger partial charge in [0.2, 0.25) is 11.8 Å². The van der Waals surface area contributed by atoms with Crippen LogP contribution in [0.3, 0.4) is 0 Å². The Labute approximate surface area is 232 Å². The third-order valence-electron chi connectivity index (χ3n) is 5.73. The number of para-hydroxylation sites is 2. The minimum absolute atomic E-state index is 0.113. The first-order valence-corrected chi connectivity index (χ1v) is 12.1. The molecule has 0 spiro atoms. The lowest BCUT2D eigenvalue weighted by molar-refractivity contribution is -0.755. The number of halogens is 5. The van der Waals surface area contributed by atoms with Gasteiger partial charge in [-0.05, 0) is 53.0 Å². The summed E-state index contributed by atoms with van der Waals surface area (Å²) >= 11 is 0. The van der Waals surface area contributed by atoms with Gasteiger partial charge in [0.05, 0.1) is 28.8 Å². The number of nitrogens with zero attached hydrogens (tertiary/aromatic N) is 6. The first kappa shape index (κ1) is 28.1. The summed E-state index contributed by atoms with van der Waals surface area (Å²) in [5.74, 6) is -1.82. The molecule has 3 aromatic heterocycles. The number of carbonyl (C=O) groups excluding carboxylic acids is 1. The Kier molecular flexibility index (Phi) is 7.77. The molecule has 42 heavy (non-hydrogen) atoms. The van der Waals surface area contributed by atoms with Crippen LogP contribution >= 0.6 is 0 Å². The fourth-order valence-corrected chi connectivity index (χ4v) is 3.99. The van der Waals surface area contributed by atoms with Crippen molar-refractivity contribution in [3.05, 3.63) is 90.1 Å². The third-order valence-corrected chi connectivity index (χ3v) is 5.73. The highest BCUT2D eigenvalue weighted by atomic mass is 19.4. The van der Waals surface area contributed by atoms with E-state index in [4.69, 9.17) is 4.52 Å². The summed E-state index contributed by atoms with van der Waals surface area (Å²) < 4.78 is 75.2.